The molecule has 2 aromatic carbocycles. The minimum atomic E-state index is -0.841. The highest BCUT2D eigenvalue weighted by Crippen LogP contribution is 2.42. The monoisotopic (exact) mass is 444 g/mol. The number of aromatic hydroxyl groups is 1. The van der Waals surface area contributed by atoms with Crippen LogP contribution in [-0.4, -0.2) is 45.0 Å². The second kappa shape index (κ2) is 8.31. The molecule has 33 heavy (non-hydrogen) atoms. The first-order valence-electron chi connectivity index (χ1n) is 10.4. The van der Waals surface area contributed by atoms with Gasteiger partial charge in [0.2, 0.25) is 0 Å². The van der Waals surface area contributed by atoms with E-state index >= 15 is 0 Å². The molecule has 0 spiro atoms. The summed E-state index contributed by atoms with van der Waals surface area (Å²) in [6.45, 7) is 0.955. The molecule has 0 aliphatic carbocycles. The third kappa shape index (κ3) is 3.76. The van der Waals surface area contributed by atoms with E-state index in [-0.39, 0.29) is 23.6 Å². The number of hydrogen-bond acceptors (Lipinski definition) is 7. The SMILES string of the molecule is O=C1C(=O)N(Cc2ccncc2)C(c2ccc(O)cc2)/C1=C(\O)c1ccc2c(c1)OCCO2. The zero-order valence-corrected chi connectivity index (χ0v) is 17.5. The summed E-state index contributed by atoms with van der Waals surface area (Å²) in [6.07, 6.45) is 3.22. The summed E-state index contributed by atoms with van der Waals surface area (Å²) < 4.78 is 11.1. The maximum Gasteiger partial charge on any atom is 0.295 e. The smallest absolute Gasteiger partial charge is 0.295 e. The van der Waals surface area contributed by atoms with Crippen LogP contribution in [0.1, 0.15) is 22.7 Å². The number of ketones is 1. The average molecular weight is 444 g/mol. The molecule has 3 aromatic rings. The van der Waals surface area contributed by atoms with Crippen LogP contribution in [0.15, 0.2) is 72.6 Å². The fourth-order valence-corrected chi connectivity index (χ4v) is 4.08. The number of aliphatic hydroxyl groups is 1. The highest BCUT2D eigenvalue weighted by molar-refractivity contribution is 6.46. The molecule has 1 unspecified atom stereocenters. The number of hydrogen-bond donors (Lipinski definition) is 2. The predicted octanol–water partition coefficient (Wildman–Crippen LogP) is 3.18. The molecule has 8 nitrogen and oxygen atoms in total. The molecule has 0 bridgehead atoms. The van der Waals surface area contributed by atoms with Crippen molar-refractivity contribution in [3.8, 4) is 17.2 Å². The number of fused-ring (bicyclic) bond motifs is 1. The maximum absolute atomic E-state index is 13.1. The Balaban J connectivity index is 1.63. The zero-order chi connectivity index (χ0) is 22.9. The number of Topliss-reactive ketones (excluding diaryl/α,β-unsaturated/α-hetero) is 1. The number of carbonyl (C=O) groups excluding carboxylic acids is 2. The van der Waals surface area contributed by atoms with Gasteiger partial charge in [0.1, 0.15) is 24.7 Å². The summed E-state index contributed by atoms with van der Waals surface area (Å²) >= 11 is 0. The number of amides is 1. The predicted molar refractivity (Wildman–Crippen MR) is 118 cm³/mol. The van der Waals surface area contributed by atoms with Gasteiger partial charge in [-0.2, -0.15) is 0 Å². The van der Waals surface area contributed by atoms with Crippen LogP contribution in [0.5, 0.6) is 17.2 Å². The number of ether oxygens (including phenoxy) is 2. The standard InChI is InChI=1S/C25H20N2O6/c28-18-4-1-16(2-5-18)22-21(23(29)17-3-6-19-20(13-17)33-12-11-32-19)24(30)25(31)27(22)14-15-7-9-26-10-8-15/h1-10,13,22,28-29H,11-12,14H2/b23-21+. The van der Waals surface area contributed by atoms with Crippen molar-refractivity contribution in [3.05, 3.63) is 89.3 Å². The second-order valence-corrected chi connectivity index (χ2v) is 7.73. The van der Waals surface area contributed by atoms with Crippen LogP contribution in [0.4, 0.5) is 0 Å². The Morgan fingerprint density at radius 2 is 1.67 bits per heavy atom. The molecule has 2 aliphatic rings. The van der Waals surface area contributed by atoms with Crippen LogP contribution >= 0.6 is 0 Å². The summed E-state index contributed by atoms with van der Waals surface area (Å²) in [5.74, 6) is -0.751. The van der Waals surface area contributed by atoms with Crippen LogP contribution in [0.2, 0.25) is 0 Å². The topological polar surface area (TPSA) is 109 Å². The lowest BCUT2D eigenvalue weighted by molar-refractivity contribution is -0.140. The molecule has 1 fully saturated rings. The number of pyridine rings is 1. The zero-order valence-electron chi connectivity index (χ0n) is 17.5. The fraction of sp³-hybridized carbons (Fsp3) is 0.160. The molecule has 1 saturated heterocycles. The first-order valence-corrected chi connectivity index (χ1v) is 10.4. The average Bonchev–Trinajstić information content (AvgIpc) is 3.09. The number of aromatic nitrogens is 1. The van der Waals surface area contributed by atoms with E-state index in [2.05, 4.69) is 4.98 Å². The van der Waals surface area contributed by atoms with Crippen molar-refractivity contribution < 1.29 is 29.3 Å². The summed E-state index contributed by atoms with van der Waals surface area (Å²) in [6, 6.07) is 13.8. The highest BCUT2D eigenvalue weighted by atomic mass is 16.6. The van der Waals surface area contributed by atoms with E-state index in [9.17, 15) is 19.8 Å². The molecule has 166 valence electrons. The Kier molecular flexibility index (Phi) is 5.18. The number of carbonyl (C=O) groups is 2. The molecule has 0 radical (unpaired) electrons. The van der Waals surface area contributed by atoms with Crippen molar-refractivity contribution in [1.29, 1.82) is 0 Å². The van der Waals surface area contributed by atoms with Gasteiger partial charge in [0, 0.05) is 24.5 Å². The van der Waals surface area contributed by atoms with Gasteiger partial charge in [-0.05, 0) is 53.6 Å². The van der Waals surface area contributed by atoms with Crippen LogP contribution < -0.4 is 9.47 Å². The molecule has 1 amide bonds. The van der Waals surface area contributed by atoms with Crippen LogP contribution in [0.3, 0.4) is 0 Å². The van der Waals surface area contributed by atoms with Gasteiger partial charge in [-0.15, -0.1) is 0 Å². The van der Waals surface area contributed by atoms with Crippen molar-refractivity contribution in [2.24, 2.45) is 0 Å². The maximum atomic E-state index is 13.1. The second-order valence-electron chi connectivity index (χ2n) is 7.73. The number of phenols is 1. The van der Waals surface area contributed by atoms with Gasteiger partial charge in [0.05, 0.1) is 11.6 Å². The third-order valence-electron chi connectivity index (χ3n) is 5.67. The lowest BCUT2D eigenvalue weighted by atomic mass is 9.95. The van der Waals surface area contributed by atoms with Gasteiger partial charge in [0.15, 0.2) is 11.5 Å². The summed E-state index contributed by atoms with van der Waals surface area (Å²) in [5, 5.41) is 20.9. The summed E-state index contributed by atoms with van der Waals surface area (Å²) in [4.78, 5) is 31.6. The number of likely N-dealkylation sites (tertiary alicyclic amines) is 1. The van der Waals surface area contributed by atoms with Crippen molar-refractivity contribution in [2.45, 2.75) is 12.6 Å². The van der Waals surface area contributed by atoms with E-state index < -0.39 is 17.7 Å². The lowest BCUT2D eigenvalue weighted by Crippen LogP contribution is -2.29. The summed E-state index contributed by atoms with van der Waals surface area (Å²) in [5.41, 5.74) is 1.68. The molecule has 1 atom stereocenters. The Bertz CT molecular complexity index is 1250. The number of phenolic OH excluding ortho intramolecular Hbond substituents is 1. The fourth-order valence-electron chi connectivity index (χ4n) is 4.08. The molecular weight excluding hydrogens is 424 g/mol. The molecular formula is C25H20N2O6. The van der Waals surface area contributed by atoms with Crippen LogP contribution in [0, 0.1) is 0 Å². The number of benzene rings is 2. The Labute approximate surface area is 189 Å². The van der Waals surface area contributed by atoms with Crippen molar-refractivity contribution in [2.75, 3.05) is 13.2 Å². The first kappa shape index (κ1) is 20.6. The highest BCUT2D eigenvalue weighted by Gasteiger charge is 2.46. The number of aliphatic hydroxyl groups excluding tert-OH is 1. The Hall–Kier alpha value is -4.33. The van der Waals surface area contributed by atoms with Gasteiger partial charge in [-0.25, -0.2) is 0 Å². The Morgan fingerprint density at radius 1 is 0.970 bits per heavy atom. The van der Waals surface area contributed by atoms with E-state index in [1.54, 1.807) is 54.9 Å². The van der Waals surface area contributed by atoms with Gasteiger partial charge >= 0.3 is 0 Å². The Morgan fingerprint density at radius 3 is 2.39 bits per heavy atom. The number of rotatable bonds is 4. The van der Waals surface area contributed by atoms with E-state index in [4.69, 9.17) is 9.47 Å². The quantitative estimate of drug-likeness (QED) is 0.361. The summed E-state index contributed by atoms with van der Waals surface area (Å²) in [7, 11) is 0. The largest absolute Gasteiger partial charge is 0.508 e. The molecule has 3 heterocycles. The minimum absolute atomic E-state index is 0.0311. The van der Waals surface area contributed by atoms with E-state index in [1.165, 1.54) is 17.0 Å². The first-order chi connectivity index (χ1) is 16.0. The van der Waals surface area contributed by atoms with Crippen molar-refractivity contribution in [1.82, 2.24) is 9.88 Å². The van der Waals surface area contributed by atoms with Crippen LogP contribution in [0.25, 0.3) is 5.76 Å². The van der Waals surface area contributed by atoms with Gasteiger partial charge in [-0.1, -0.05) is 12.1 Å². The van der Waals surface area contributed by atoms with Crippen molar-refractivity contribution >= 4 is 17.4 Å². The van der Waals surface area contributed by atoms with Gasteiger partial charge in [-0.3, -0.25) is 14.6 Å². The van der Waals surface area contributed by atoms with Gasteiger partial charge in [0.25, 0.3) is 11.7 Å². The minimum Gasteiger partial charge on any atom is -0.508 e. The lowest BCUT2D eigenvalue weighted by Gasteiger charge is -2.25. The third-order valence-corrected chi connectivity index (χ3v) is 5.67. The molecule has 5 rings (SSSR count). The molecule has 2 N–H and O–H groups in total. The normalized spacial score (nSPS) is 19.0. The molecule has 1 aromatic heterocycles. The number of nitrogens with zero attached hydrogens (tertiary/aromatic N) is 2. The molecule has 2 aliphatic heterocycles. The van der Waals surface area contributed by atoms with Gasteiger partial charge < -0.3 is 24.6 Å². The van der Waals surface area contributed by atoms with E-state index in [0.29, 0.717) is 35.8 Å². The van der Waals surface area contributed by atoms with E-state index in [0.717, 1.165) is 5.56 Å². The molecule has 0 saturated carbocycles. The molecule has 8 heteroatoms. The van der Waals surface area contributed by atoms with E-state index in [1.807, 2.05) is 0 Å². The van der Waals surface area contributed by atoms with Crippen LogP contribution in [-0.2, 0) is 16.1 Å². The van der Waals surface area contributed by atoms with Crippen molar-refractivity contribution in [3.63, 3.8) is 0 Å².